The minimum absolute atomic E-state index is 0.0625. The molecule has 2 heterocycles. The first-order valence-electron chi connectivity index (χ1n) is 10.8. The SMILES string of the molecule is CCN1c2cc(C(=O)Nc3ccc(OC)cc3OC)ccc2C(=O)N2CCCCCC21. The number of methoxy groups -OCH3 is 2. The molecule has 0 spiro atoms. The van der Waals surface area contributed by atoms with Gasteiger partial charge in [-0.15, -0.1) is 0 Å². The molecule has 2 aliphatic rings. The maximum Gasteiger partial charge on any atom is 0.257 e. The first-order chi connectivity index (χ1) is 15.1. The van der Waals surface area contributed by atoms with Crippen LogP contribution in [0, 0.1) is 0 Å². The van der Waals surface area contributed by atoms with E-state index in [0.717, 1.165) is 44.5 Å². The summed E-state index contributed by atoms with van der Waals surface area (Å²) in [6, 6.07) is 10.6. The van der Waals surface area contributed by atoms with Crippen molar-refractivity contribution >= 4 is 23.2 Å². The first kappa shape index (κ1) is 21.0. The van der Waals surface area contributed by atoms with Crippen LogP contribution in [0.3, 0.4) is 0 Å². The fourth-order valence-corrected chi connectivity index (χ4v) is 4.54. The molecule has 4 rings (SSSR count). The molecule has 2 aliphatic heterocycles. The molecule has 2 aromatic carbocycles. The predicted octanol–water partition coefficient (Wildman–Crippen LogP) is 4.14. The first-order valence-corrected chi connectivity index (χ1v) is 10.8. The van der Waals surface area contributed by atoms with Crippen molar-refractivity contribution in [2.24, 2.45) is 0 Å². The van der Waals surface area contributed by atoms with Gasteiger partial charge in [0.1, 0.15) is 17.7 Å². The van der Waals surface area contributed by atoms with Gasteiger partial charge in [0.25, 0.3) is 11.8 Å². The molecule has 7 heteroatoms. The number of fused-ring (bicyclic) bond motifs is 2. The van der Waals surface area contributed by atoms with E-state index in [-0.39, 0.29) is 18.0 Å². The lowest BCUT2D eigenvalue weighted by molar-refractivity contribution is 0.0656. The highest BCUT2D eigenvalue weighted by Crippen LogP contribution is 2.36. The molecule has 2 aromatic rings. The van der Waals surface area contributed by atoms with Crippen LogP contribution in [0.25, 0.3) is 0 Å². The number of amides is 2. The van der Waals surface area contributed by atoms with Crippen LogP contribution in [-0.4, -0.2) is 50.2 Å². The van der Waals surface area contributed by atoms with Gasteiger partial charge in [-0.05, 0) is 56.5 Å². The lowest BCUT2D eigenvalue weighted by Crippen LogP contribution is -2.55. The Morgan fingerprint density at radius 1 is 1.10 bits per heavy atom. The van der Waals surface area contributed by atoms with Gasteiger partial charge in [-0.3, -0.25) is 9.59 Å². The van der Waals surface area contributed by atoms with Crippen LogP contribution in [0.4, 0.5) is 11.4 Å². The maximum absolute atomic E-state index is 13.2. The largest absolute Gasteiger partial charge is 0.497 e. The second-order valence-electron chi connectivity index (χ2n) is 7.87. The van der Waals surface area contributed by atoms with Crippen LogP contribution in [0.5, 0.6) is 11.5 Å². The van der Waals surface area contributed by atoms with Crippen LogP contribution in [0.1, 0.15) is 53.3 Å². The van der Waals surface area contributed by atoms with Crippen molar-refractivity contribution in [1.29, 1.82) is 0 Å². The number of carbonyl (C=O) groups excluding carboxylic acids is 2. The molecule has 0 saturated carbocycles. The molecule has 0 radical (unpaired) electrons. The highest BCUT2D eigenvalue weighted by molar-refractivity contribution is 6.08. The summed E-state index contributed by atoms with van der Waals surface area (Å²) in [6.45, 7) is 3.66. The van der Waals surface area contributed by atoms with E-state index in [1.807, 2.05) is 11.0 Å². The van der Waals surface area contributed by atoms with Crippen molar-refractivity contribution in [2.75, 3.05) is 37.5 Å². The number of rotatable bonds is 5. The Morgan fingerprint density at radius 3 is 2.68 bits per heavy atom. The second-order valence-corrected chi connectivity index (χ2v) is 7.87. The van der Waals surface area contributed by atoms with E-state index in [1.165, 1.54) is 0 Å². The molecule has 0 bridgehead atoms. The highest BCUT2D eigenvalue weighted by Gasteiger charge is 2.37. The molecule has 1 atom stereocenters. The van der Waals surface area contributed by atoms with Crippen LogP contribution in [0.15, 0.2) is 36.4 Å². The number of benzene rings is 2. The summed E-state index contributed by atoms with van der Waals surface area (Å²) < 4.78 is 10.6. The van der Waals surface area contributed by atoms with Gasteiger partial charge in [-0.25, -0.2) is 0 Å². The van der Waals surface area contributed by atoms with E-state index in [9.17, 15) is 9.59 Å². The molecule has 7 nitrogen and oxygen atoms in total. The summed E-state index contributed by atoms with van der Waals surface area (Å²) in [5, 5.41) is 2.91. The molecule has 0 aromatic heterocycles. The Morgan fingerprint density at radius 2 is 1.94 bits per heavy atom. The maximum atomic E-state index is 13.2. The van der Waals surface area contributed by atoms with E-state index < -0.39 is 0 Å². The van der Waals surface area contributed by atoms with E-state index in [2.05, 4.69) is 17.1 Å². The fraction of sp³-hybridized carbons (Fsp3) is 0.417. The third-order valence-electron chi connectivity index (χ3n) is 6.14. The number of ether oxygens (including phenoxy) is 2. The van der Waals surface area contributed by atoms with Crippen LogP contribution < -0.4 is 19.7 Å². The summed E-state index contributed by atoms with van der Waals surface area (Å²) in [5.41, 5.74) is 2.57. The average Bonchev–Trinajstić information content (AvgIpc) is 3.05. The van der Waals surface area contributed by atoms with Crippen molar-refractivity contribution < 1.29 is 19.1 Å². The minimum atomic E-state index is -0.252. The zero-order valence-corrected chi connectivity index (χ0v) is 18.3. The van der Waals surface area contributed by atoms with Gasteiger partial charge in [0, 0.05) is 24.7 Å². The van der Waals surface area contributed by atoms with Gasteiger partial charge in [0.2, 0.25) is 0 Å². The molecular formula is C24H29N3O4. The minimum Gasteiger partial charge on any atom is -0.497 e. The highest BCUT2D eigenvalue weighted by atomic mass is 16.5. The van der Waals surface area contributed by atoms with Crippen molar-refractivity contribution in [3.63, 3.8) is 0 Å². The Balaban J connectivity index is 1.64. The van der Waals surface area contributed by atoms with E-state index in [1.54, 1.807) is 44.6 Å². The summed E-state index contributed by atoms with van der Waals surface area (Å²) in [6.07, 6.45) is 4.31. The summed E-state index contributed by atoms with van der Waals surface area (Å²) in [5.74, 6) is 0.979. The number of nitrogens with zero attached hydrogens (tertiary/aromatic N) is 2. The molecule has 2 amide bonds. The van der Waals surface area contributed by atoms with E-state index in [0.29, 0.717) is 28.3 Å². The zero-order valence-electron chi connectivity index (χ0n) is 18.3. The molecule has 1 saturated heterocycles. The van der Waals surface area contributed by atoms with Crippen LogP contribution >= 0.6 is 0 Å². The normalized spacial score (nSPS) is 18.0. The zero-order chi connectivity index (χ0) is 22.0. The molecule has 164 valence electrons. The number of nitrogens with one attached hydrogen (secondary N) is 1. The van der Waals surface area contributed by atoms with Crippen molar-refractivity contribution in [1.82, 2.24) is 4.90 Å². The molecule has 1 fully saturated rings. The lowest BCUT2D eigenvalue weighted by atomic mass is 10.0. The van der Waals surface area contributed by atoms with Crippen molar-refractivity contribution in [2.45, 2.75) is 38.8 Å². The Labute approximate surface area is 182 Å². The van der Waals surface area contributed by atoms with Gasteiger partial charge in [-0.2, -0.15) is 0 Å². The smallest absolute Gasteiger partial charge is 0.257 e. The number of hydrogen-bond donors (Lipinski definition) is 1. The van der Waals surface area contributed by atoms with E-state index in [4.69, 9.17) is 9.47 Å². The number of hydrogen-bond acceptors (Lipinski definition) is 5. The molecular weight excluding hydrogens is 394 g/mol. The van der Waals surface area contributed by atoms with Gasteiger partial charge >= 0.3 is 0 Å². The fourth-order valence-electron chi connectivity index (χ4n) is 4.54. The van der Waals surface area contributed by atoms with Crippen LogP contribution in [-0.2, 0) is 0 Å². The van der Waals surface area contributed by atoms with Gasteiger partial charge in [0.05, 0.1) is 31.2 Å². The Bertz CT molecular complexity index is 991. The number of anilines is 2. The standard InChI is InChI=1S/C24H29N3O4/c1-4-26-20-14-16(23(28)25-19-12-10-17(30-2)15-21(19)31-3)9-11-18(20)24(29)27-13-7-5-6-8-22(26)27/h9-12,14-15,22H,4-8,13H2,1-3H3,(H,25,28). The molecule has 31 heavy (non-hydrogen) atoms. The Hall–Kier alpha value is -3.22. The molecule has 0 aliphatic carbocycles. The predicted molar refractivity (Wildman–Crippen MR) is 120 cm³/mol. The van der Waals surface area contributed by atoms with Crippen LogP contribution in [0.2, 0.25) is 0 Å². The molecule has 1 N–H and O–H groups in total. The van der Waals surface area contributed by atoms with Gasteiger partial charge in [0.15, 0.2) is 0 Å². The Kier molecular flexibility index (Phi) is 6.02. The van der Waals surface area contributed by atoms with E-state index >= 15 is 0 Å². The average molecular weight is 424 g/mol. The van der Waals surface area contributed by atoms with Crippen molar-refractivity contribution in [3.8, 4) is 11.5 Å². The lowest BCUT2D eigenvalue weighted by Gasteiger charge is -2.44. The van der Waals surface area contributed by atoms with Crippen molar-refractivity contribution in [3.05, 3.63) is 47.5 Å². The van der Waals surface area contributed by atoms with Gasteiger partial charge in [-0.1, -0.05) is 6.42 Å². The number of carbonyl (C=O) groups is 2. The summed E-state index contributed by atoms with van der Waals surface area (Å²) in [7, 11) is 3.13. The second kappa shape index (κ2) is 8.88. The molecule has 1 unspecified atom stereocenters. The third-order valence-corrected chi connectivity index (χ3v) is 6.14. The third kappa shape index (κ3) is 3.92. The quantitative estimate of drug-likeness (QED) is 0.783. The monoisotopic (exact) mass is 423 g/mol. The summed E-state index contributed by atoms with van der Waals surface area (Å²) >= 11 is 0. The van der Waals surface area contributed by atoms with Gasteiger partial charge < -0.3 is 24.6 Å². The summed E-state index contributed by atoms with van der Waals surface area (Å²) in [4.78, 5) is 30.4. The topological polar surface area (TPSA) is 71.1 Å².